The van der Waals surface area contributed by atoms with Crippen LogP contribution in [0.25, 0.3) is 0 Å². The first-order valence-electron chi connectivity index (χ1n) is 8.98. The fraction of sp³-hybridized carbons (Fsp3) is 0.190. The number of amides is 1. The number of ether oxygens (including phenoxy) is 2. The van der Waals surface area contributed by atoms with Gasteiger partial charge in [0, 0.05) is 23.6 Å². The number of nitrogens with zero attached hydrogens (tertiary/aromatic N) is 2. The molecule has 1 amide bonds. The second-order valence-corrected chi connectivity index (χ2v) is 6.78. The summed E-state index contributed by atoms with van der Waals surface area (Å²) in [4.78, 5) is 37.2. The van der Waals surface area contributed by atoms with E-state index in [2.05, 4.69) is 5.32 Å². The van der Waals surface area contributed by atoms with Crippen LogP contribution in [0.4, 0.5) is 5.69 Å². The molecule has 156 valence electrons. The van der Waals surface area contributed by atoms with Crippen molar-refractivity contribution >= 4 is 23.2 Å². The number of hydrogen-bond donors (Lipinski definition) is 1. The van der Waals surface area contributed by atoms with E-state index in [1.165, 1.54) is 37.2 Å². The van der Waals surface area contributed by atoms with Crippen molar-refractivity contribution in [1.82, 2.24) is 9.13 Å². The van der Waals surface area contributed by atoms with Crippen molar-refractivity contribution < 1.29 is 14.3 Å². The van der Waals surface area contributed by atoms with Crippen molar-refractivity contribution in [2.75, 3.05) is 19.5 Å². The Morgan fingerprint density at radius 2 is 1.63 bits per heavy atom. The van der Waals surface area contributed by atoms with E-state index in [4.69, 9.17) is 21.1 Å². The lowest BCUT2D eigenvalue weighted by Crippen LogP contribution is -2.42. The average Bonchev–Trinajstić information content (AvgIpc) is 2.74. The summed E-state index contributed by atoms with van der Waals surface area (Å²) in [7, 11) is 3.02. The summed E-state index contributed by atoms with van der Waals surface area (Å²) >= 11 is 6.04. The van der Waals surface area contributed by atoms with Gasteiger partial charge in [-0.05, 0) is 24.3 Å². The van der Waals surface area contributed by atoms with Crippen LogP contribution in [0.1, 0.15) is 5.56 Å². The van der Waals surface area contributed by atoms with Crippen molar-refractivity contribution in [3.8, 4) is 11.5 Å². The second-order valence-electron chi connectivity index (χ2n) is 6.37. The number of aromatic nitrogens is 2. The van der Waals surface area contributed by atoms with E-state index in [9.17, 15) is 14.4 Å². The fourth-order valence-electron chi connectivity index (χ4n) is 2.91. The molecular weight excluding hydrogens is 410 g/mol. The first-order chi connectivity index (χ1) is 14.4. The molecule has 0 saturated carbocycles. The molecule has 0 spiro atoms. The molecule has 1 N–H and O–H groups in total. The van der Waals surface area contributed by atoms with Crippen LogP contribution in [0, 0.1) is 0 Å². The van der Waals surface area contributed by atoms with Crippen molar-refractivity contribution in [2.45, 2.75) is 13.1 Å². The molecule has 30 heavy (non-hydrogen) atoms. The Bertz CT molecular complexity index is 1190. The van der Waals surface area contributed by atoms with Crippen LogP contribution in [0.5, 0.6) is 11.5 Å². The minimum atomic E-state index is -0.796. The molecule has 2 aromatic carbocycles. The third-order valence-corrected chi connectivity index (χ3v) is 4.71. The van der Waals surface area contributed by atoms with Crippen LogP contribution >= 0.6 is 11.6 Å². The summed E-state index contributed by atoms with van der Waals surface area (Å²) in [6, 6.07) is 12.0. The number of benzene rings is 2. The molecule has 0 aliphatic carbocycles. The summed E-state index contributed by atoms with van der Waals surface area (Å²) in [5.41, 5.74) is -0.323. The maximum absolute atomic E-state index is 12.5. The number of rotatable bonds is 7. The minimum Gasteiger partial charge on any atom is -0.496 e. The number of hydrogen-bond acceptors (Lipinski definition) is 5. The van der Waals surface area contributed by atoms with Gasteiger partial charge in [-0.1, -0.05) is 29.8 Å². The van der Waals surface area contributed by atoms with Crippen LogP contribution < -0.4 is 25.9 Å². The molecule has 0 bridgehead atoms. The lowest BCUT2D eigenvalue weighted by molar-refractivity contribution is -0.116. The van der Waals surface area contributed by atoms with Gasteiger partial charge in [0.2, 0.25) is 5.91 Å². The number of halogens is 1. The smallest absolute Gasteiger partial charge is 0.316 e. The highest BCUT2D eigenvalue weighted by Crippen LogP contribution is 2.27. The average molecular weight is 430 g/mol. The summed E-state index contributed by atoms with van der Waals surface area (Å²) in [5.74, 6) is 0.621. The van der Waals surface area contributed by atoms with Crippen LogP contribution in [0.15, 0.2) is 64.4 Å². The van der Waals surface area contributed by atoms with Gasteiger partial charge in [0.05, 0.1) is 25.8 Å². The van der Waals surface area contributed by atoms with Gasteiger partial charge in [0.1, 0.15) is 18.0 Å². The number of anilines is 1. The molecule has 0 fully saturated rings. The van der Waals surface area contributed by atoms with E-state index in [-0.39, 0.29) is 13.1 Å². The predicted molar refractivity (Wildman–Crippen MR) is 114 cm³/mol. The topological polar surface area (TPSA) is 91.6 Å². The monoisotopic (exact) mass is 429 g/mol. The van der Waals surface area contributed by atoms with Crippen molar-refractivity contribution in [1.29, 1.82) is 0 Å². The highest BCUT2D eigenvalue weighted by Gasteiger charge is 2.12. The Morgan fingerprint density at radius 3 is 2.33 bits per heavy atom. The normalized spacial score (nSPS) is 10.5. The van der Waals surface area contributed by atoms with Gasteiger partial charge < -0.3 is 19.4 Å². The van der Waals surface area contributed by atoms with Crippen LogP contribution in [-0.4, -0.2) is 29.3 Å². The van der Waals surface area contributed by atoms with E-state index < -0.39 is 17.0 Å². The quantitative estimate of drug-likeness (QED) is 0.582. The number of methoxy groups -OCH3 is 2. The van der Waals surface area contributed by atoms with Gasteiger partial charge in [-0.15, -0.1) is 0 Å². The highest BCUT2D eigenvalue weighted by atomic mass is 35.5. The molecule has 9 heteroatoms. The van der Waals surface area contributed by atoms with E-state index in [1.807, 2.05) is 18.2 Å². The van der Waals surface area contributed by atoms with Gasteiger partial charge in [-0.2, -0.15) is 0 Å². The number of carbonyl (C=O) groups excluding carboxylic acids is 1. The maximum Gasteiger partial charge on any atom is 0.316 e. The van der Waals surface area contributed by atoms with Crippen molar-refractivity contribution in [2.24, 2.45) is 0 Å². The fourth-order valence-corrected chi connectivity index (χ4v) is 3.17. The van der Waals surface area contributed by atoms with Gasteiger partial charge in [-0.25, -0.2) is 0 Å². The summed E-state index contributed by atoms with van der Waals surface area (Å²) < 4.78 is 12.7. The molecule has 1 aromatic heterocycles. The standard InChI is InChI=1S/C21H20ClN3O5/c1-29-17-6-4-3-5-14(17)12-24-9-10-25(21(28)20(24)27)13-19(26)23-15-7-8-18(30-2)16(22)11-15/h3-11H,12-13H2,1-2H3,(H,23,26). The van der Waals surface area contributed by atoms with E-state index >= 15 is 0 Å². The third-order valence-electron chi connectivity index (χ3n) is 4.41. The van der Waals surface area contributed by atoms with E-state index in [0.717, 1.165) is 10.1 Å². The number of carbonyl (C=O) groups is 1. The molecule has 0 atom stereocenters. The number of nitrogens with one attached hydrogen (secondary N) is 1. The Morgan fingerprint density at radius 1 is 0.967 bits per heavy atom. The molecule has 3 rings (SSSR count). The third kappa shape index (κ3) is 4.72. The Kier molecular flexibility index (Phi) is 6.58. The zero-order valence-electron chi connectivity index (χ0n) is 16.4. The zero-order chi connectivity index (χ0) is 21.7. The van der Waals surface area contributed by atoms with Crippen LogP contribution in [-0.2, 0) is 17.9 Å². The first kappa shape index (κ1) is 21.2. The predicted octanol–water partition coefficient (Wildman–Crippen LogP) is 2.37. The molecular formula is C21H20ClN3O5. The molecule has 8 nitrogen and oxygen atoms in total. The van der Waals surface area contributed by atoms with Crippen LogP contribution in [0.3, 0.4) is 0 Å². The van der Waals surface area contributed by atoms with Gasteiger partial charge >= 0.3 is 11.1 Å². The van der Waals surface area contributed by atoms with Gasteiger partial charge in [0.15, 0.2) is 0 Å². The van der Waals surface area contributed by atoms with Crippen molar-refractivity contribution in [3.63, 3.8) is 0 Å². The van der Waals surface area contributed by atoms with E-state index in [1.54, 1.807) is 18.2 Å². The lowest BCUT2D eigenvalue weighted by Gasteiger charge is -2.12. The van der Waals surface area contributed by atoms with Gasteiger partial charge in [0.25, 0.3) is 0 Å². The Hall–Kier alpha value is -3.52. The largest absolute Gasteiger partial charge is 0.496 e. The molecule has 0 saturated heterocycles. The molecule has 0 radical (unpaired) electrons. The zero-order valence-corrected chi connectivity index (χ0v) is 17.2. The van der Waals surface area contributed by atoms with Crippen LogP contribution in [0.2, 0.25) is 5.02 Å². The molecule has 3 aromatic rings. The second kappa shape index (κ2) is 9.32. The number of para-hydroxylation sites is 1. The highest BCUT2D eigenvalue weighted by molar-refractivity contribution is 6.32. The van der Waals surface area contributed by atoms with E-state index in [0.29, 0.717) is 22.2 Å². The summed E-state index contributed by atoms with van der Waals surface area (Å²) in [6.45, 7) is -0.136. The summed E-state index contributed by atoms with van der Waals surface area (Å²) in [6.07, 6.45) is 2.87. The molecule has 0 aliphatic heterocycles. The minimum absolute atomic E-state index is 0.176. The summed E-state index contributed by atoms with van der Waals surface area (Å²) in [5, 5.41) is 2.97. The molecule has 1 heterocycles. The van der Waals surface area contributed by atoms with Gasteiger partial charge in [-0.3, -0.25) is 19.0 Å². The molecule has 0 aliphatic rings. The Labute approximate surface area is 177 Å². The maximum atomic E-state index is 12.5. The van der Waals surface area contributed by atoms with Crippen molar-refractivity contribution in [3.05, 3.63) is 86.2 Å². The Balaban J connectivity index is 1.75. The lowest BCUT2D eigenvalue weighted by atomic mass is 10.2. The first-order valence-corrected chi connectivity index (χ1v) is 9.36. The SMILES string of the molecule is COc1ccc(NC(=O)Cn2ccn(Cc3ccccc3OC)c(=O)c2=O)cc1Cl. The molecule has 0 unspecified atom stereocenters.